The van der Waals surface area contributed by atoms with E-state index in [-0.39, 0.29) is 10.8 Å². The van der Waals surface area contributed by atoms with Crippen LogP contribution in [0.4, 0.5) is 15.9 Å². The van der Waals surface area contributed by atoms with E-state index in [0.717, 1.165) is 68.9 Å². The molecule has 0 saturated carbocycles. The zero-order valence-corrected chi connectivity index (χ0v) is 24.6. The number of hydrogen-bond acceptors (Lipinski definition) is 8. The van der Waals surface area contributed by atoms with Crippen molar-refractivity contribution in [3.05, 3.63) is 58.0 Å². The van der Waals surface area contributed by atoms with Gasteiger partial charge in [0.2, 0.25) is 0 Å². The molecular weight excluding hydrogens is 535 g/mol. The van der Waals surface area contributed by atoms with Crippen molar-refractivity contribution < 1.29 is 9.18 Å². The molecule has 39 heavy (non-hydrogen) atoms. The van der Waals surface area contributed by atoms with Crippen molar-refractivity contribution in [1.82, 2.24) is 24.7 Å². The number of carbonyl (C=O) groups excluding carboxylic acids is 1. The fourth-order valence-electron chi connectivity index (χ4n) is 4.75. The highest BCUT2D eigenvalue weighted by Crippen LogP contribution is 2.37. The molecule has 1 aliphatic heterocycles. The Kier molecular flexibility index (Phi) is 10.8. The zero-order chi connectivity index (χ0) is 27.8. The number of thiophene rings is 1. The van der Waals surface area contributed by atoms with E-state index in [4.69, 9.17) is 11.6 Å². The molecule has 10 heteroatoms. The Bertz CT molecular complexity index is 1290. The van der Waals surface area contributed by atoms with E-state index in [2.05, 4.69) is 51.0 Å². The SMILES string of the molecule is CCCc1c(CCC(=O)/C=C/CN2CCN(CCN(C)C)CC2)sc2ncnc(Nc3ccc(F)c(Cl)c3)c12. The highest BCUT2D eigenvalue weighted by atomic mass is 35.5. The molecule has 0 aliphatic carbocycles. The van der Waals surface area contributed by atoms with E-state index in [1.165, 1.54) is 22.8 Å². The van der Waals surface area contributed by atoms with Crippen LogP contribution < -0.4 is 5.32 Å². The first-order valence-corrected chi connectivity index (χ1v) is 14.8. The van der Waals surface area contributed by atoms with E-state index in [0.29, 0.717) is 24.3 Å². The molecule has 1 N–H and O–H groups in total. The lowest BCUT2D eigenvalue weighted by molar-refractivity contribution is -0.114. The van der Waals surface area contributed by atoms with Gasteiger partial charge in [0, 0.05) is 62.8 Å². The Balaban J connectivity index is 1.35. The summed E-state index contributed by atoms with van der Waals surface area (Å²) in [4.78, 5) is 30.9. The van der Waals surface area contributed by atoms with Gasteiger partial charge < -0.3 is 10.2 Å². The van der Waals surface area contributed by atoms with E-state index >= 15 is 0 Å². The molecule has 1 fully saturated rings. The number of hydrogen-bond donors (Lipinski definition) is 1. The van der Waals surface area contributed by atoms with Crippen molar-refractivity contribution >= 4 is 50.4 Å². The normalized spacial score (nSPS) is 15.1. The third-order valence-corrected chi connectivity index (χ3v) is 8.44. The van der Waals surface area contributed by atoms with E-state index in [1.54, 1.807) is 29.5 Å². The van der Waals surface area contributed by atoms with Crippen LogP contribution in [0.25, 0.3) is 10.2 Å². The number of allylic oxidation sites excluding steroid dienone is 1. The van der Waals surface area contributed by atoms with Crippen LogP contribution in [-0.4, -0.2) is 90.4 Å². The van der Waals surface area contributed by atoms with Gasteiger partial charge in [0.25, 0.3) is 0 Å². The van der Waals surface area contributed by atoms with Crippen LogP contribution in [0, 0.1) is 5.82 Å². The van der Waals surface area contributed by atoms with E-state index < -0.39 is 5.82 Å². The lowest BCUT2D eigenvalue weighted by Crippen LogP contribution is -2.47. The summed E-state index contributed by atoms with van der Waals surface area (Å²) in [6.07, 6.45) is 8.25. The Morgan fingerprint density at radius 2 is 1.95 bits per heavy atom. The molecule has 0 radical (unpaired) electrons. The second-order valence-electron chi connectivity index (χ2n) is 10.2. The molecule has 1 aromatic carbocycles. The third kappa shape index (κ3) is 8.28. The molecule has 0 atom stereocenters. The van der Waals surface area contributed by atoms with Gasteiger partial charge in [-0.25, -0.2) is 14.4 Å². The Morgan fingerprint density at radius 3 is 2.67 bits per heavy atom. The molecule has 0 amide bonds. The van der Waals surface area contributed by atoms with Gasteiger partial charge in [-0.05, 0) is 56.8 Å². The number of likely N-dealkylation sites (N-methyl/N-ethyl adjacent to an activating group) is 1. The average molecular weight is 573 g/mol. The van der Waals surface area contributed by atoms with Gasteiger partial charge in [-0.1, -0.05) is 31.0 Å². The van der Waals surface area contributed by atoms with Gasteiger partial charge in [-0.2, -0.15) is 0 Å². The number of benzene rings is 1. The highest BCUT2D eigenvalue weighted by molar-refractivity contribution is 7.19. The van der Waals surface area contributed by atoms with Crippen LogP contribution >= 0.6 is 22.9 Å². The van der Waals surface area contributed by atoms with Crippen molar-refractivity contribution in [2.24, 2.45) is 0 Å². The fourth-order valence-corrected chi connectivity index (χ4v) is 6.12. The number of rotatable bonds is 13. The summed E-state index contributed by atoms with van der Waals surface area (Å²) in [7, 11) is 4.22. The first-order valence-electron chi connectivity index (χ1n) is 13.6. The van der Waals surface area contributed by atoms with Crippen molar-refractivity contribution in [2.45, 2.75) is 32.6 Å². The molecule has 2 aromatic heterocycles. The van der Waals surface area contributed by atoms with Crippen LogP contribution in [0.2, 0.25) is 5.02 Å². The maximum absolute atomic E-state index is 13.6. The van der Waals surface area contributed by atoms with E-state index in [1.807, 2.05) is 6.08 Å². The van der Waals surface area contributed by atoms with Crippen LogP contribution in [0.15, 0.2) is 36.7 Å². The molecule has 7 nitrogen and oxygen atoms in total. The van der Waals surface area contributed by atoms with Gasteiger partial charge in [0.1, 0.15) is 22.8 Å². The maximum Gasteiger partial charge on any atom is 0.155 e. The third-order valence-electron chi connectivity index (χ3n) is 6.95. The van der Waals surface area contributed by atoms with Gasteiger partial charge >= 0.3 is 0 Å². The second kappa shape index (κ2) is 14.3. The molecule has 4 rings (SSSR count). The second-order valence-corrected chi connectivity index (χ2v) is 11.7. The summed E-state index contributed by atoms with van der Waals surface area (Å²) in [6.45, 7) is 9.38. The Morgan fingerprint density at radius 1 is 1.18 bits per heavy atom. The minimum absolute atomic E-state index is 0.0546. The standard InChI is InChI=1S/C29H38ClFN6OS/c1-4-6-23-26(11-9-22(38)7-5-12-36-15-17-37(18-16-36)14-13-35(2)3)39-29-27(23)28(32-20-33-29)34-21-8-10-25(31)24(30)19-21/h5,7-8,10,19-20H,4,6,9,11-18H2,1-3H3,(H,32,33,34)/b7-5+. The molecule has 0 bridgehead atoms. The number of aryl methyl sites for hydroxylation is 2. The molecule has 0 spiro atoms. The summed E-state index contributed by atoms with van der Waals surface area (Å²) in [5, 5.41) is 4.30. The van der Waals surface area contributed by atoms with Gasteiger partial charge in [-0.15, -0.1) is 11.3 Å². The number of fused-ring (bicyclic) bond motifs is 1. The van der Waals surface area contributed by atoms with Crippen LogP contribution in [0.3, 0.4) is 0 Å². The highest BCUT2D eigenvalue weighted by Gasteiger charge is 2.18. The number of anilines is 2. The fraction of sp³-hybridized carbons (Fsp3) is 0.483. The summed E-state index contributed by atoms with van der Waals surface area (Å²) >= 11 is 7.59. The minimum atomic E-state index is -0.462. The summed E-state index contributed by atoms with van der Waals surface area (Å²) in [6, 6.07) is 4.52. The number of aromatic nitrogens is 2. The molecular formula is C29H38ClFN6OS. The van der Waals surface area contributed by atoms with Crippen LogP contribution in [0.5, 0.6) is 0 Å². The molecule has 210 valence electrons. The predicted molar refractivity (Wildman–Crippen MR) is 160 cm³/mol. The first kappa shape index (κ1) is 29.6. The van der Waals surface area contributed by atoms with Gasteiger partial charge in [0.15, 0.2) is 5.78 Å². The first-order chi connectivity index (χ1) is 18.8. The molecule has 0 unspecified atom stereocenters. The number of piperazine rings is 1. The number of carbonyl (C=O) groups is 1. The zero-order valence-electron chi connectivity index (χ0n) is 23.1. The average Bonchev–Trinajstić information content (AvgIpc) is 3.27. The van der Waals surface area contributed by atoms with E-state index in [9.17, 15) is 9.18 Å². The van der Waals surface area contributed by atoms with Crippen molar-refractivity contribution in [3.8, 4) is 0 Å². The smallest absolute Gasteiger partial charge is 0.155 e. The lowest BCUT2D eigenvalue weighted by atomic mass is 10.0. The summed E-state index contributed by atoms with van der Waals surface area (Å²) in [5.74, 6) is 0.350. The summed E-state index contributed by atoms with van der Waals surface area (Å²) < 4.78 is 13.6. The number of nitrogens with one attached hydrogen (secondary N) is 1. The van der Waals surface area contributed by atoms with Gasteiger partial charge in [-0.3, -0.25) is 14.6 Å². The topological polar surface area (TPSA) is 64.6 Å². The largest absolute Gasteiger partial charge is 0.340 e. The van der Waals surface area contributed by atoms with Crippen LogP contribution in [-0.2, 0) is 17.6 Å². The van der Waals surface area contributed by atoms with Gasteiger partial charge in [0.05, 0.1) is 10.4 Å². The monoisotopic (exact) mass is 572 g/mol. The van der Waals surface area contributed by atoms with Crippen molar-refractivity contribution in [3.63, 3.8) is 0 Å². The maximum atomic E-state index is 13.6. The Hall–Kier alpha value is -2.43. The van der Waals surface area contributed by atoms with Crippen molar-refractivity contribution in [2.75, 3.05) is 65.2 Å². The molecule has 1 saturated heterocycles. The lowest BCUT2D eigenvalue weighted by Gasteiger charge is -2.34. The molecule has 3 heterocycles. The van der Waals surface area contributed by atoms with Crippen molar-refractivity contribution in [1.29, 1.82) is 0 Å². The summed E-state index contributed by atoms with van der Waals surface area (Å²) in [5.41, 5.74) is 1.84. The molecule has 1 aliphatic rings. The number of ketones is 1. The predicted octanol–water partition coefficient (Wildman–Crippen LogP) is 5.42. The minimum Gasteiger partial charge on any atom is -0.340 e. The molecule has 3 aromatic rings. The van der Waals surface area contributed by atoms with Crippen LogP contribution in [0.1, 0.15) is 30.2 Å². The Labute approximate surface area is 239 Å². The quantitative estimate of drug-likeness (QED) is 0.274. The number of nitrogens with zero attached hydrogens (tertiary/aromatic N) is 5. The number of halogens is 2.